The summed E-state index contributed by atoms with van der Waals surface area (Å²) in [5.41, 5.74) is 0.0848. The number of halogens is 1. The van der Waals surface area contributed by atoms with Crippen molar-refractivity contribution in [1.29, 1.82) is 0 Å². The third kappa shape index (κ3) is 2.53. The highest BCUT2D eigenvalue weighted by Crippen LogP contribution is 2.36. The van der Waals surface area contributed by atoms with Crippen LogP contribution in [0.15, 0.2) is 54.9 Å². The lowest BCUT2D eigenvalue weighted by Crippen LogP contribution is -2.01. The SMILES string of the molecule is O=C(O)c1ccc2ccccc2c1Oc1ccncc1Cl. The van der Waals surface area contributed by atoms with Crippen molar-refractivity contribution in [2.24, 2.45) is 0 Å². The van der Waals surface area contributed by atoms with Crippen LogP contribution in [0, 0.1) is 0 Å². The van der Waals surface area contributed by atoms with E-state index in [-0.39, 0.29) is 11.3 Å². The van der Waals surface area contributed by atoms with Crippen LogP contribution in [0.4, 0.5) is 0 Å². The summed E-state index contributed by atoms with van der Waals surface area (Å²) >= 11 is 6.02. The second-order valence-corrected chi connectivity index (χ2v) is 4.78. The number of aromatic nitrogens is 1. The highest BCUT2D eigenvalue weighted by molar-refractivity contribution is 6.31. The second kappa shape index (κ2) is 5.42. The van der Waals surface area contributed by atoms with Crippen LogP contribution >= 0.6 is 11.6 Å². The van der Waals surface area contributed by atoms with Gasteiger partial charge >= 0.3 is 5.97 Å². The standard InChI is InChI=1S/C16H10ClNO3/c17-13-9-18-8-7-14(13)21-15-11-4-2-1-3-10(11)5-6-12(15)16(19)20/h1-9H,(H,19,20). The van der Waals surface area contributed by atoms with Gasteiger partial charge in [-0.2, -0.15) is 0 Å². The molecule has 1 heterocycles. The Bertz CT molecular complexity index is 833. The van der Waals surface area contributed by atoms with E-state index in [0.29, 0.717) is 16.2 Å². The molecule has 4 nitrogen and oxygen atoms in total. The van der Waals surface area contributed by atoms with Crippen molar-refractivity contribution in [3.63, 3.8) is 0 Å². The minimum atomic E-state index is -1.05. The summed E-state index contributed by atoms with van der Waals surface area (Å²) in [7, 11) is 0. The van der Waals surface area contributed by atoms with Crippen LogP contribution in [0.5, 0.6) is 11.5 Å². The number of carbonyl (C=O) groups is 1. The molecule has 5 heteroatoms. The van der Waals surface area contributed by atoms with Crippen LogP contribution in [0.25, 0.3) is 10.8 Å². The summed E-state index contributed by atoms with van der Waals surface area (Å²) in [5, 5.41) is 11.3. The van der Waals surface area contributed by atoms with Crippen molar-refractivity contribution < 1.29 is 14.6 Å². The van der Waals surface area contributed by atoms with E-state index < -0.39 is 5.97 Å². The Morgan fingerprint density at radius 3 is 2.71 bits per heavy atom. The van der Waals surface area contributed by atoms with E-state index in [1.165, 1.54) is 18.5 Å². The van der Waals surface area contributed by atoms with Gasteiger partial charge in [-0.05, 0) is 11.5 Å². The molecule has 0 atom stereocenters. The Morgan fingerprint density at radius 1 is 1.14 bits per heavy atom. The quantitative estimate of drug-likeness (QED) is 0.779. The van der Waals surface area contributed by atoms with Gasteiger partial charge in [0.2, 0.25) is 0 Å². The topological polar surface area (TPSA) is 59.4 Å². The number of carboxylic acid groups (broad SMARTS) is 1. The molecule has 1 aromatic heterocycles. The monoisotopic (exact) mass is 299 g/mol. The number of fused-ring (bicyclic) bond motifs is 1. The maximum absolute atomic E-state index is 11.4. The van der Waals surface area contributed by atoms with E-state index in [1.54, 1.807) is 12.1 Å². The zero-order valence-electron chi connectivity index (χ0n) is 10.8. The largest absolute Gasteiger partial charge is 0.478 e. The number of benzene rings is 2. The van der Waals surface area contributed by atoms with Crippen molar-refractivity contribution >= 4 is 28.3 Å². The molecule has 0 bridgehead atoms. The third-order valence-corrected chi connectivity index (χ3v) is 3.34. The molecule has 0 fully saturated rings. The zero-order chi connectivity index (χ0) is 14.8. The molecule has 3 aromatic rings. The summed E-state index contributed by atoms with van der Waals surface area (Å²) in [6.45, 7) is 0. The lowest BCUT2D eigenvalue weighted by atomic mass is 10.1. The van der Waals surface area contributed by atoms with E-state index in [9.17, 15) is 9.90 Å². The normalized spacial score (nSPS) is 10.5. The van der Waals surface area contributed by atoms with Crippen LogP contribution < -0.4 is 4.74 Å². The molecule has 1 N–H and O–H groups in total. The molecule has 0 radical (unpaired) electrons. The van der Waals surface area contributed by atoms with Crippen LogP contribution in [0.2, 0.25) is 5.02 Å². The van der Waals surface area contributed by atoms with E-state index in [2.05, 4.69) is 4.98 Å². The number of pyridine rings is 1. The van der Waals surface area contributed by atoms with Crippen molar-refractivity contribution in [3.8, 4) is 11.5 Å². The molecular weight excluding hydrogens is 290 g/mol. The van der Waals surface area contributed by atoms with Crippen LogP contribution in [0.1, 0.15) is 10.4 Å². The first kappa shape index (κ1) is 13.4. The fraction of sp³-hybridized carbons (Fsp3) is 0. The van der Waals surface area contributed by atoms with E-state index >= 15 is 0 Å². The maximum atomic E-state index is 11.4. The van der Waals surface area contributed by atoms with Crippen molar-refractivity contribution in [3.05, 3.63) is 65.4 Å². The lowest BCUT2D eigenvalue weighted by molar-refractivity contribution is 0.0694. The summed E-state index contributed by atoms with van der Waals surface area (Å²) in [6, 6.07) is 12.3. The number of carboxylic acids is 1. The minimum Gasteiger partial charge on any atom is -0.478 e. The van der Waals surface area contributed by atoms with Gasteiger partial charge in [0.05, 0.1) is 0 Å². The molecule has 0 aliphatic rings. The Morgan fingerprint density at radius 2 is 1.95 bits per heavy atom. The van der Waals surface area contributed by atoms with E-state index in [0.717, 1.165) is 5.39 Å². The fourth-order valence-corrected chi connectivity index (χ4v) is 2.23. The van der Waals surface area contributed by atoms with Crippen molar-refractivity contribution in [1.82, 2.24) is 4.98 Å². The van der Waals surface area contributed by atoms with Gasteiger partial charge in [0.15, 0.2) is 0 Å². The average Bonchev–Trinajstić information content (AvgIpc) is 2.49. The van der Waals surface area contributed by atoms with Crippen LogP contribution in [-0.4, -0.2) is 16.1 Å². The number of nitrogens with zero attached hydrogens (tertiary/aromatic N) is 1. The molecule has 0 aliphatic carbocycles. The molecule has 104 valence electrons. The minimum absolute atomic E-state index is 0.0848. The first-order valence-electron chi connectivity index (χ1n) is 6.19. The molecule has 0 unspecified atom stereocenters. The molecule has 0 saturated carbocycles. The number of ether oxygens (including phenoxy) is 1. The zero-order valence-corrected chi connectivity index (χ0v) is 11.5. The molecule has 0 amide bonds. The Labute approximate surface area is 125 Å². The molecule has 3 rings (SSSR count). The van der Waals surface area contributed by atoms with Gasteiger partial charge in [-0.25, -0.2) is 4.79 Å². The number of aromatic carboxylic acids is 1. The summed E-state index contributed by atoms with van der Waals surface area (Å²) in [4.78, 5) is 15.3. The predicted octanol–water partition coefficient (Wildman–Crippen LogP) is 4.38. The Hall–Kier alpha value is -2.59. The highest BCUT2D eigenvalue weighted by atomic mass is 35.5. The summed E-state index contributed by atoms with van der Waals surface area (Å²) < 4.78 is 5.76. The van der Waals surface area contributed by atoms with E-state index in [4.69, 9.17) is 16.3 Å². The fourth-order valence-electron chi connectivity index (χ4n) is 2.08. The third-order valence-electron chi connectivity index (χ3n) is 3.06. The molecule has 2 aromatic carbocycles. The van der Waals surface area contributed by atoms with Gasteiger partial charge in [0.25, 0.3) is 0 Å². The van der Waals surface area contributed by atoms with Crippen LogP contribution in [0.3, 0.4) is 0 Å². The first-order valence-corrected chi connectivity index (χ1v) is 6.57. The van der Waals surface area contributed by atoms with Crippen molar-refractivity contribution in [2.45, 2.75) is 0 Å². The van der Waals surface area contributed by atoms with Gasteiger partial charge in [-0.15, -0.1) is 0 Å². The van der Waals surface area contributed by atoms with Crippen molar-refractivity contribution in [2.75, 3.05) is 0 Å². The molecule has 0 saturated heterocycles. The Balaban J connectivity index is 2.21. The average molecular weight is 300 g/mol. The first-order chi connectivity index (χ1) is 10.2. The molecule has 0 spiro atoms. The van der Waals surface area contributed by atoms with Gasteiger partial charge in [0, 0.05) is 23.8 Å². The molecule has 0 aliphatic heterocycles. The second-order valence-electron chi connectivity index (χ2n) is 4.38. The number of rotatable bonds is 3. The smallest absolute Gasteiger partial charge is 0.339 e. The van der Waals surface area contributed by atoms with Gasteiger partial charge in [-0.3, -0.25) is 4.98 Å². The highest BCUT2D eigenvalue weighted by Gasteiger charge is 2.16. The lowest BCUT2D eigenvalue weighted by Gasteiger charge is -2.12. The van der Waals surface area contributed by atoms with Gasteiger partial charge < -0.3 is 9.84 Å². The predicted molar refractivity (Wildman–Crippen MR) is 80.2 cm³/mol. The van der Waals surface area contributed by atoms with E-state index in [1.807, 2.05) is 24.3 Å². The van der Waals surface area contributed by atoms with Gasteiger partial charge in [-0.1, -0.05) is 41.9 Å². The maximum Gasteiger partial charge on any atom is 0.339 e. The number of hydrogen-bond acceptors (Lipinski definition) is 3. The summed E-state index contributed by atoms with van der Waals surface area (Å²) in [6.07, 6.45) is 2.98. The van der Waals surface area contributed by atoms with Gasteiger partial charge in [0.1, 0.15) is 22.1 Å². The number of hydrogen-bond donors (Lipinski definition) is 1. The molecular formula is C16H10ClNO3. The van der Waals surface area contributed by atoms with Crippen LogP contribution in [-0.2, 0) is 0 Å². The summed E-state index contributed by atoms with van der Waals surface area (Å²) in [5.74, 6) is -0.417. The Kier molecular flexibility index (Phi) is 3.46. The molecule has 21 heavy (non-hydrogen) atoms.